The molecule has 2 aliphatic rings. The van der Waals surface area contributed by atoms with Crippen LogP contribution in [0.15, 0.2) is 18.5 Å². The molecule has 0 saturated carbocycles. The average molecular weight is 532 g/mol. The topological polar surface area (TPSA) is 134 Å². The van der Waals surface area contributed by atoms with Gasteiger partial charge in [0.25, 0.3) is 5.60 Å². The van der Waals surface area contributed by atoms with Crippen molar-refractivity contribution >= 4 is 34.2 Å². The molecular weight excluding hydrogens is 494 g/mol. The molecule has 3 atom stereocenters. The van der Waals surface area contributed by atoms with Crippen LogP contribution >= 0.6 is 0 Å². The second-order valence-electron chi connectivity index (χ2n) is 11.0. The predicted octanol–water partition coefficient (Wildman–Crippen LogP) is 3.95. The molecule has 0 amide bonds. The van der Waals surface area contributed by atoms with Crippen LogP contribution in [0.25, 0.3) is 5.52 Å². The summed E-state index contributed by atoms with van der Waals surface area (Å²) in [5.74, 6) is -0.231. The number of aromatic nitrogens is 3. The van der Waals surface area contributed by atoms with Crippen LogP contribution in [0.1, 0.15) is 61.1 Å². The summed E-state index contributed by atoms with van der Waals surface area (Å²) in [6, 6.07) is 5.46. The number of nitriles is 1. The van der Waals surface area contributed by atoms with E-state index in [0.29, 0.717) is 5.52 Å². The maximum absolute atomic E-state index is 14.1. The first-order valence-corrected chi connectivity index (χ1v) is 16.5. The molecule has 2 aromatic heterocycles. The van der Waals surface area contributed by atoms with E-state index in [0.717, 1.165) is 0 Å². The lowest BCUT2D eigenvalue weighted by Crippen LogP contribution is -2.65. The van der Waals surface area contributed by atoms with E-state index in [2.05, 4.69) is 71.5 Å². The number of nitrogens with zero attached hydrogens (tertiary/aromatic N) is 4. The Labute approximate surface area is 214 Å². The number of anilines is 1. The number of hydrogen-bond donors (Lipinski definition) is 1. The van der Waals surface area contributed by atoms with E-state index < -0.39 is 40.7 Å². The van der Waals surface area contributed by atoms with Crippen molar-refractivity contribution < 1.29 is 22.5 Å². The summed E-state index contributed by atoms with van der Waals surface area (Å²) in [5, 5.41) is 14.7. The molecule has 36 heavy (non-hydrogen) atoms. The lowest BCUT2D eigenvalue weighted by atomic mass is 9.94. The zero-order valence-corrected chi connectivity index (χ0v) is 24.3. The van der Waals surface area contributed by atoms with E-state index in [1.54, 1.807) is 12.1 Å². The minimum absolute atomic E-state index is 0.0378. The first-order valence-electron chi connectivity index (χ1n) is 12.6. The standard InChI is InChI=1S/C24H37N5O5Si2/c1-14(2)35(15(3)4)31-11-19-21(33-36(34-35,16(5)6)17(7)8)22(30)24(12-25,32-19)20-10-9-18-23(26)27-13-28-29(18)20/h9-10,13-17,19,21H,11H2,1-8H3,(H2,26,27,28)/t19-,21-,24+/m1/s1. The highest BCUT2D eigenvalue weighted by Gasteiger charge is 2.65. The van der Waals surface area contributed by atoms with Crippen LogP contribution in [0.2, 0.25) is 22.2 Å². The Morgan fingerprint density at radius 2 is 1.69 bits per heavy atom. The molecule has 0 aliphatic carbocycles. The second-order valence-corrected chi connectivity index (χ2v) is 19.8. The third-order valence-electron chi connectivity index (χ3n) is 7.59. The van der Waals surface area contributed by atoms with Crippen LogP contribution in [0, 0.1) is 11.3 Å². The molecule has 4 heterocycles. The van der Waals surface area contributed by atoms with Crippen molar-refractivity contribution in [2.24, 2.45) is 0 Å². The van der Waals surface area contributed by atoms with Crippen molar-refractivity contribution in [2.75, 3.05) is 12.3 Å². The van der Waals surface area contributed by atoms with E-state index in [4.69, 9.17) is 23.4 Å². The van der Waals surface area contributed by atoms with Crippen LogP contribution in [-0.4, -0.2) is 56.3 Å². The van der Waals surface area contributed by atoms with Crippen molar-refractivity contribution in [3.63, 3.8) is 0 Å². The van der Waals surface area contributed by atoms with E-state index in [9.17, 15) is 10.1 Å². The molecule has 196 valence electrons. The fourth-order valence-corrected chi connectivity index (χ4v) is 16.8. The average Bonchev–Trinajstić information content (AvgIpc) is 3.34. The highest BCUT2D eigenvalue weighted by Crippen LogP contribution is 2.49. The number of rotatable bonds is 5. The molecule has 4 rings (SSSR count). The summed E-state index contributed by atoms with van der Waals surface area (Å²) in [7, 11) is -5.87. The van der Waals surface area contributed by atoms with E-state index in [1.807, 2.05) is 0 Å². The number of carbonyl (C=O) groups excluding carboxylic acids is 1. The summed E-state index contributed by atoms with van der Waals surface area (Å²) >= 11 is 0. The van der Waals surface area contributed by atoms with Crippen molar-refractivity contribution in [3.05, 3.63) is 24.2 Å². The highest BCUT2D eigenvalue weighted by molar-refractivity contribution is 6.84. The molecule has 2 aromatic rings. The Morgan fingerprint density at radius 1 is 1.08 bits per heavy atom. The van der Waals surface area contributed by atoms with Crippen LogP contribution < -0.4 is 5.73 Å². The van der Waals surface area contributed by atoms with Gasteiger partial charge in [0.1, 0.15) is 30.1 Å². The predicted molar refractivity (Wildman–Crippen MR) is 138 cm³/mol. The Bertz CT molecular complexity index is 1180. The zero-order valence-electron chi connectivity index (χ0n) is 22.3. The van der Waals surface area contributed by atoms with Crippen molar-refractivity contribution in [3.8, 4) is 6.07 Å². The van der Waals surface area contributed by atoms with Gasteiger partial charge in [-0.25, -0.2) is 9.50 Å². The van der Waals surface area contributed by atoms with Crippen LogP contribution in [0.3, 0.4) is 0 Å². The maximum atomic E-state index is 14.1. The fourth-order valence-electron chi connectivity index (χ4n) is 5.64. The van der Waals surface area contributed by atoms with Crippen LogP contribution in [-0.2, 0) is 28.1 Å². The second kappa shape index (κ2) is 9.31. The molecular formula is C24H37N5O5Si2. The minimum Gasteiger partial charge on any atom is -0.414 e. The van der Waals surface area contributed by atoms with Gasteiger partial charge in [-0.1, -0.05) is 55.4 Å². The summed E-state index contributed by atoms with van der Waals surface area (Å²) in [6.07, 6.45) is -0.482. The largest absolute Gasteiger partial charge is 0.414 e. The highest BCUT2D eigenvalue weighted by atomic mass is 28.5. The minimum atomic E-state index is -3.06. The van der Waals surface area contributed by atoms with E-state index in [1.165, 1.54) is 10.8 Å². The third-order valence-corrected chi connectivity index (χ3v) is 17.8. The summed E-state index contributed by atoms with van der Waals surface area (Å²) in [6.45, 7) is 16.9. The van der Waals surface area contributed by atoms with Gasteiger partial charge < -0.3 is 23.4 Å². The number of nitrogen functional groups attached to an aromatic ring is 1. The summed E-state index contributed by atoms with van der Waals surface area (Å²) < 4.78 is 28.5. The van der Waals surface area contributed by atoms with Crippen molar-refractivity contribution in [1.82, 2.24) is 14.6 Å². The molecule has 2 saturated heterocycles. The van der Waals surface area contributed by atoms with Crippen LogP contribution in [0.5, 0.6) is 0 Å². The molecule has 2 fully saturated rings. The van der Waals surface area contributed by atoms with Crippen molar-refractivity contribution in [1.29, 1.82) is 5.26 Å². The normalized spacial score (nSPS) is 28.0. The molecule has 0 bridgehead atoms. The Kier molecular flexibility index (Phi) is 6.95. The molecule has 0 unspecified atom stereocenters. The smallest absolute Gasteiger partial charge is 0.335 e. The van der Waals surface area contributed by atoms with Gasteiger partial charge in [-0.05, 0) is 34.3 Å². The lowest BCUT2D eigenvalue weighted by molar-refractivity contribution is -0.131. The molecule has 2 aliphatic heterocycles. The molecule has 2 N–H and O–H groups in total. The van der Waals surface area contributed by atoms with Crippen LogP contribution in [0.4, 0.5) is 5.82 Å². The number of Topliss-reactive ketones (excluding diaryl/α,β-unsaturated/α-hetero) is 1. The number of carbonyl (C=O) groups is 1. The zero-order chi connectivity index (χ0) is 26.6. The van der Waals surface area contributed by atoms with Gasteiger partial charge in [0.15, 0.2) is 5.82 Å². The van der Waals surface area contributed by atoms with Crippen molar-refractivity contribution in [2.45, 2.75) is 95.4 Å². The van der Waals surface area contributed by atoms with Gasteiger partial charge in [-0.2, -0.15) is 10.4 Å². The lowest BCUT2D eigenvalue weighted by Gasteiger charge is -2.50. The number of hydrogen-bond acceptors (Lipinski definition) is 9. The Morgan fingerprint density at radius 3 is 2.25 bits per heavy atom. The van der Waals surface area contributed by atoms with E-state index >= 15 is 0 Å². The molecule has 0 aromatic carbocycles. The Hall–Kier alpha value is -2.15. The number of ether oxygens (including phenoxy) is 1. The SMILES string of the molecule is CC(C)[Si]1(C(C)C)OC[C@H]2O[C@@](C#N)(c3ccc4c(N)ncnn34)C(=O)[C@@H]2O[Si](C(C)C)(C(C)C)O1. The quantitative estimate of drug-likeness (QED) is 0.569. The molecule has 0 spiro atoms. The van der Waals surface area contributed by atoms with E-state index in [-0.39, 0.29) is 40.3 Å². The first kappa shape index (κ1) is 26.9. The number of ketones is 1. The molecule has 0 radical (unpaired) electrons. The van der Waals surface area contributed by atoms with Gasteiger partial charge in [-0.3, -0.25) is 4.79 Å². The van der Waals surface area contributed by atoms with Gasteiger partial charge in [-0.15, -0.1) is 0 Å². The van der Waals surface area contributed by atoms with Gasteiger partial charge in [0.2, 0.25) is 5.78 Å². The summed E-state index contributed by atoms with van der Waals surface area (Å²) in [4.78, 5) is 18.1. The van der Waals surface area contributed by atoms with Gasteiger partial charge in [0, 0.05) is 0 Å². The molecule has 12 heteroatoms. The number of nitrogens with two attached hydrogens (primary N) is 1. The maximum Gasteiger partial charge on any atom is 0.335 e. The third kappa shape index (κ3) is 3.76. The van der Waals surface area contributed by atoms with Gasteiger partial charge >= 0.3 is 17.1 Å². The Balaban J connectivity index is 1.87. The first-order chi connectivity index (χ1) is 16.9. The monoisotopic (exact) mass is 531 g/mol. The molecule has 10 nitrogen and oxygen atoms in total. The number of fused-ring (bicyclic) bond motifs is 2. The summed E-state index contributed by atoms with van der Waals surface area (Å²) in [5.41, 5.74) is 5.21. The van der Waals surface area contributed by atoms with Gasteiger partial charge in [0.05, 0.1) is 12.3 Å². The fraction of sp³-hybridized carbons (Fsp3) is 0.667.